The number of carbonyl (C=O) groups excluding carboxylic acids is 1. The van der Waals surface area contributed by atoms with Gasteiger partial charge in [0.05, 0.1) is 7.11 Å². The minimum Gasteiger partial charge on any atom is -0.468 e. The lowest BCUT2D eigenvalue weighted by molar-refractivity contribution is -0.143. The molecule has 4 nitrogen and oxygen atoms in total. The van der Waals surface area contributed by atoms with Crippen LogP contribution in [0.3, 0.4) is 0 Å². The van der Waals surface area contributed by atoms with Gasteiger partial charge in [0.15, 0.2) is 0 Å². The number of carbonyl (C=O) groups is 1. The van der Waals surface area contributed by atoms with Gasteiger partial charge in [-0.2, -0.15) is 0 Å². The average Bonchev–Trinajstić information content (AvgIpc) is 2.56. The van der Waals surface area contributed by atoms with Crippen molar-refractivity contribution in [3.05, 3.63) is 0 Å². The SMILES string of the molecule is CCNC(CN1CCCCCC1)C(=O)OC. The number of nitrogens with one attached hydrogen (secondary N) is 1. The maximum absolute atomic E-state index is 11.6. The summed E-state index contributed by atoms with van der Waals surface area (Å²) in [5.74, 6) is -0.147. The fourth-order valence-corrected chi connectivity index (χ4v) is 2.19. The lowest BCUT2D eigenvalue weighted by Crippen LogP contribution is -2.46. The number of rotatable bonds is 5. The second kappa shape index (κ2) is 7.63. The van der Waals surface area contributed by atoms with E-state index in [0.717, 1.165) is 26.2 Å². The number of methoxy groups -OCH3 is 1. The predicted octanol–water partition coefficient (Wildman–Crippen LogP) is 1.01. The first-order valence-corrected chi connectivity index (χ1v) is 6.31. The monoisotopic (exact) mass is 228 g/mol. The van der Waals surface area contributed by atoms with Gasteiger partial charge in [-0.05, 0) is 32.5 Å². The van der Waals surface area contributed by atoms with Crippen LogP contribution in [0.4, 0.5) is 0 Å². The summed E-state index contributed by atoms with van der Waals surface area (Å²) in [6.45, 7) is 5.81. The minimum absolute atomic E-state index is 0.147. The van der Waals surface area contributed by atoms with Crippen molar-refractivity contribution in [1.29, 1.82) is 0 Å². The molecule has 94 valence electrons. The molecule has 1 rings (SSSR count). The Morgan fingerprint density at radius 1 is 1.31 bits per heavy atom. The molecule has 0 radical (unpaired) electrons. The molecule has 0 bridgehead atoms. The predicted molar refractivity (Wildman–Crippen MR) is 64.4 cm³/mol. The van der Waals surface area contributed by atoms with Crippen molar-refractivity contribution in [2.45, 2.75) is 38.6 Å². The Kier molecular flexibility index (Phi) is 6.42. The Morgan fingerprint density at radius 2 is 1.94 bits per heavy atom. The van der Waals surface area contributed by atoms with Crippen molar-refractivity contribution in [3.63, 3.8) is 0 Å². The number of hydrogen-bond donors (Lipinski definition) is 1. The number of likely N-dealkylation sites (N-methyl/N-ethyl adjacent to an activating group) is 1. The Labute approximate surface area is 98.3 Å². The van der Waals surface area contributed by atoms with Gasteiger partial charge < -0.3 is 15.0 Å². The lowest BCUT2D eigenvalue weighted by atomic mass is 10.2. The van der Waals surface area contributed by atoms with Crippen LogP contribution in [0.5, 0.6) is 0 Å². The standard InChI is InChI=1S/C12H24N2O2/c1-3-13-11(12(15)16-2)10-14-8-6-4-5-7-9-14/h11,13H,3-10H2,1-2H3. The van der Waals surface area contributed by atoms with E-state index >= 15 is 0 Å². The Bertz CT molecular complexity index is 201. The van der Waals surface area contributed by atoms with Crippen molar-refractivity contribution < 1.29 is 9.53 Å². The molecule has 0 aromatic heterocycles. The number of ether oxygens (including phenoxy) is 1. The minimum atomic E-state index is -0.173. The third-order valence-electron chi connectivity index (χ3n) is 3.08. The van der Waals surface area contributed by atoms with E-state index in [9.17, 15) is 4.79 Å². The van der Waals surface area contributed by atoms with E-state index in [0.29, 0.717) is 0 Å². The van der Waals surface area contributed by atoms with E-state index in [1.54, 1.807) is 0 Å². The zero-order valence-corrected chi connectivity index (χ0v) is 10.5. The molecule has 16 heavy (non-hydrogen) atoms. The number of hydrogen-bond acceptors (Lipinski definition) is 4. The highest BCUT2D eigenvalue weighted by Gasteiger charge is 2.21. The number of likely N-dealkylation sites (tertiary alicyclic amines) is 1. The summed E-state index contributed by atoms with van der Waals surface area (Å²) in [4.78, 5) is 13.9. The van der Waals surface area contributed by atoms with Gasteiger partial charge in [-0.25, -0.2) is 0 Å². The van der Waals surface area contributed by atoms with E-state index in [1.165, 1.54) is 32.8 Å². The van der Waals surface area contributed by atoms with Crippen molar-refractivity contribution in [2.24, 2.45) is 0 Å². The summed E-state index contributed by atoms with van der Waals surface area (Å²) in [6.07, 6.45) is 5.14. The maximum Gasteiger partial charge on any atom is 0.324 e. The smallest absolute Gasteiger partial charge is 0.324 e. The summed E-state index contributed by atoms with van der Waals surface area (Å²) >= 11 is 0. The molecular weight excluding hydrogens is 204 g/mol. The molecule has 0 aromatic rings. The summed E-state index contributed by atoms with van der Waals surface area (Å²) in [5.41, 5.74) is 0. The Morgan fingerprint density at radius 3 is 2.44 bits per heavy atom. The van der Waals surface area contributed by atoms with Gasteiger partial charge in [-0.15, -0.1) is 0 Å². The van der Waals surface area contributed by atoms with Crippen LogP contribution in [0.2, 0.25) is 0 Å². The zero-order valence-electron chi connectivity index (χ0n) is 10.5. The Hall–Kier alpha value is -0.610. The summed E-state index contributed by atoms with van der Waals surface area (Å²) in [7, 11) is 1.45. The first-order chi connectivity index (χ1) is 7.77. The molecule has 1 aliphatic heterocycles. The summed E-state index contributed by atoms with van der Waals surface area (Å²) in [6, 6.07) is -0.173. The van der Waals surface area contributed by atoms with E-state index in [2.05, 4.69) is 10.2 Å². The maximum atomic E-state index is 11.6. The van der Waals surface area contributed by atoms with Crippen LogP contribution in [0, 0.1) is 0 Å². The fourth-order valence-electron chi connectivity index (χ4n) is 2.19. The molecule has 0 aliphatic carbocycles. The largest absolute Gasteiger partial charge is 0.468 e. The highest BCUT2D eigenvalue weighted by molar-refractivity contribution is 5.75. The molecule has 0 aromatic carbocycles. The fraction of sp³-hybridized carbons (Fsp3) is 0.917. The molecule has 1 N–H and O–H groups in total. The number of esters is 1. The van der Waals surface area contributed by atoms with Crippen molar-refractivity contribution >= 4 is 5.97 Å². The third kappa shape index (κ3) is 4.49. The van der Waals surface area contributed by atoms with Gasteiger partial charge in [-0.3, -0.25) is 4.79 Å². The molecule has 0 saturated carbocycles. The zero-order chi connectivity index (χ0) is 11.8. The van der Waals surface area contributed by atoms with Gasteiger partial charge in [0, 0.05) is 6.54 Å². The normalized spacial score (nSPS) is 20.1. The van der Waals surface area contributed by atoms with Crippen LogP contribution >= 0.6 is 0 Å². The van der Waals surface area contributed by atoms with E-state index in [4.69, 9.17) is 4.74 Å². The van der Waals surface area contributed by atoms with Crippen LogP contribution < -0.4 is 5.32 Å². The van der Waals surface area contributed by atoms with E-state index in [-0.39, 0.29) is 12.0 Å². The second-order valence-corrected chi connectivity index (χ2v) is 4.35. The van der Waals surface area contributed by atoms with Crippen molar-refractivity contribution in [3.8, 4) is 0 Å². The Balaban J connectivity index is 2.42. The lowest BCUT2D eigenvalue weighted by Gasteiger charge is -2.25. The molecule has 1 atom stereocenters. The van der Waals surface area contributed by atoms with Crippen LogP contribution in [0.25, 0.3) is 0 Å². The quantitative estimate of drug-likeness (QED) is 0.713. The topological polar surface area (TPSA) is 41.6 Å². The summed E-state index contributed by atoms with van der Waals surface area (Å²) in [5, 5.41) is 3.18. The van der Waals surface area contributed by atoms with Gasteiger partial charge >= 0.3 is 5.97 Å². The average molecular weight is 228 g/mol. The van der Waals surface area contributed by atoms with Gasteiger partial charge in [0.25, 0.3) is 0 Å². The first kappa shape index (κ1) is 13.5. The molecule has 1 unspecified atom stereocenters. The van der Waals surface area contributed by atoms with Gasteiger partial charge in [0.1, 0.15) is 6.04 Å². The second-order valence-electron chi connectivity index (χ2n) is 4.35. The van der Waals surface area contributed by atoms with E-state index in [1.807, 2.05) is 6.92 Å². The molecule has 1 fully saturated rings. The highest BCUT2D eigenvalue weighted by atomic mass is 16.5. The molecule has 0 spiro atoms. The molecule has 4 heteroatoms. The molecule has 1 heterocycles. The first-order valence-electron chi connectivity index (χ1n) is 6.31. The highest BCUT2D eigenvalue weighted by Crippen LogP contribution is 2.10. The third-order valence-corrected chi connectivity index (χ3v) is 3.08. The molecule has 1 aliphatic rings. The van der Waals surface area contributed by atoms with Crippen LogP contribution in [-0.4, -0.2) is 50.2 Å². The summed E-state index contributed by atoms with van der Waals surface area (Å²) < 4.78 is 4.81. The molecular formula is C12H24N2O2. The van der Waals surface area contributed by atoms with Gasteiger partial charge in [-0.1, -0.05) is 19.8 Å². The van der Waals surface area contributed by atoms with Crippen LogP contribution in [-0.2, 0) is 9.53 Å². The van der Waals surface area contributed by atoms with Crippen molar-refractivity contribution in [1.82, 2.24) is 10.2 Å². The molecule has 1 saturated heterocycles. The van der Waals surface area contributed by atoms with E-state index < -0.39 is 0 Å². The van der Waals surface area contributed by atoms with Crippen molar-refractivity contribution in [2.75, 3.05) is 33.3 Å². The molecule has 0 amide bonds. The van der Waals surface area contributed by atoms with Crippen LogP contribution in [0.15, 0.2) is 0 Å². The van der Waals surface area contributed by atoms with Crippen LogP contribution in [0.1, 0.15) is 32.6 Å². The van der Waals surface area contributed by atoms with Gasteiger partial charge in [0.2, 0.25) is 0 Å². The number of nitrogens with zero attached hydrogens (tertiary/aromatic N) is 1.